The third-order valence-electron chi connectivity index (χ3n) is 2.82. The average Bonchev–Trinajstić information content (AvgIpc) is 2.32. The molecule has 0 aliphatic carbocycles. The van der Waals surface area contributed by atoms with Crippen LogP contribution < -0.4 is 5.73 Å². The lowest BCUT2D eigenvalue weighted by Crippen LogP contribution is -2.02. The number of benzene rings is 2. The maximum absolute atomic E-state index is 13.2. The van der Waals surface area contributed by atoms with E-state index in [0.717, 1.165) is 4.47 Å². The fraction of sp³-hybridized carbons (Fsp3) is 0.143. The molecule has 1 unspecified atom stereocenters. The molecule has 2 rings (SSSR count). The van der Waals surface area contributed by atoms with Crippen molar-refractivity contribution >= 4 is 21.6 Å². The molecule has 0 fully saturated rings. The molecular formula is C14H13BrFNO. The summed E-state index contributed by atoms with van der Waals surface area (Å²) in [7, 11) is 0. The monoisotopic (exact) mass is 309 g/mol. The number of aliphatic hydroxyl groups excluding tert-OH is 1. The van der Waals surface area contributed by atoms with Gasteiger partial charge in [-0.3, -0.25) is 0 Å². The molecule has 0 bridgehead atoms. The average molecular weight is 310 g/mol. The van der Waals surface area contributed by atoms with Gasteiger partial charge in [0.1, 0.15) is 11.9 Å². The highest BCUT2D eigenvalue weighted by atomic mass is 79.9. The zero-order chi connectivity index (χ0) is 13.3. The second-order valence-corrected chi connectivity index (χ2v) is 5.05. The number of rotatable bonds is 2. The van der Waals surface area contributed by atoms with Crippen LogP contribution in [0.4, 0.5) is 10.1 Å². The minimum Gasteiger partial charge on any atom is -0.399 e. The van der Waals surface area contributed by atoms with Gasteiger partial charge in [-0.05, 0) is 41.8 Å². The number of nitrogen functional groups attached to an aromatic ring is 1. The van der Waals surface area contributed by atoms with Gasteiger partial charge in [-0.15, -0.1) is 0 Å². The molecule has 2 aromatic carbocycles. The number of aliphatic hydroxyl groups is 1. The molecule has 0 aliphatic rings. The van der Waals surface area contributed by atoms with E-state index < -0.39 is 6.10 Å². The van der Waals surface area contributed by atoms with Crippen LogP contribution >= 0.6 is 15.9 Å². The fourth-order valence-corrected chi connectivity index (χ4v) is 2.40. The molecule has 0 aromatic heterocycles. The normalized spacial score (nSPS) is 12.4. The van der Waals surface area contributed by atoms with E-state index in [9.17, 15) is 9.50 Å². The van der Waals surface area contributed by atoms with Gasteiger partial charge < -0.3 is 10.8 Å². The summed E-state index contributed by atoms with van der Waals surface area (Å²) in [5.74, 6) is -0.276. The molecule has 3 N–H and O–H groups in total. The molecule has 0 heterocycles. The van der Waals surface area contributed by atoms with Crippen molar-refractivity contribution in [2.45, 2.75) is 13.0 Å². The van der Waals surface area contributed by atoms with Crippen LogP contribution in [0.1, 0.15) is 22.8 Å². The van der Waals surface area contributed by atoms with Gasteiger partial charge in [0.25, 0.3) is 0 Å². The van der Waals surface area contributed by atoms with Gasteiger partial charge in [0.15, 0.2) is 0 Å². The summed E-state index contributed by atoms with van der Waals surface area (Å²) in [6, 6.07) is 9.79. The van der Waals surface area contributed by atoms with Gasteiger partial charge in [0.2, 0.25) is 0 Å². The molecule has 4 heteroatoms. The number of nitrogens with two attached hydrogens (primary N) is 1. The first kappa shape index (κ1) is 13.1. The minimum atomic E-state index is -0.806. The van der Waals surface area contributed by atoms with Crippen LogP contribution in [0.3, 0.4) is 0 Å². The molecule has 0 saturated carbocycles. The highest BCUT2D eigenvalue weighted by molar-refractivity contribution is 9.10. The number of hydrogen-bond donors (Lipinski definition) is 2. The van der Waals surface area contributed by atoms with E-state index in [1.54, 1.807) is 37.3 Å². The first-order valence-electron chi connectivity index (χ1n) is 5.48. The van der Waals surface area contributed by atoms with E-state index in [4.69, 9.17) is 5.73 Å². The third-order valence-corrected chi connectivity index (χ3v) is 3.50. The van der Waals surface area contributed by atoms with Gasteiger partial charge >= 0.3 is 0 Å². The van der Waals surface area contributed by atoms with E-state index in [-0.39, 0.29) is 5.82 Å². The van der Waals surface area contributed by atoms with E-state index >= 15 is 0 Å². The molecule has 0 saturated heterocycles. The van der Waals surface area contributed by atoms with Gasteiger partial charge in [0, 0.05) is 10.2 Å². The quantitative estimate of drug-likeness (QED) is 0.833. The summed E-state index contributed by atoms with van der Waals surface area (Å²) in [5, 5.41) is 10.3. The van der Waals surface area contributed by atoms with Crippen LogP contribution in [-0.4, -0.2) is 5.11 Å². The van der Waals surface area contributed by atoms with Gasteiger partial charge in [-0.2, -0.15) is 0 Å². The molecule has 2 aromatic rings. The second kappa shape index (κ2) is 5.08. The summed E-state index contributed by atoms with van der Waals surface area (Å²) >= 11 is 3.36. The summed E-state index contributed by atoms with van der Waals surface area (Å²) in [5.41, 5.74) is 8.14. The fourth-order valence-electron chi connectivity index (χ4n) is 1.78. The van der Waals surface area contributed by atoms with E-state index in [1.807, 2.05) is 0 Å². The molecule has 0 spiro atoms. The zero-order valence-electron chi connectivity index (χ0n) is 9.82. The van der Waals surface area contributed by atoms with Gasteiger partial charge in [0.05, 0.1) is 0 Å². The predicted octanol–water partition coefficient (Wildman–Crippen LogP) is 3.56. The standard InChI is InChI=1S/C14H13BrFNO/c1-8-6-9(2-5-13(8)16)14(18)11-4-3-10(17)7-12(11)15/h2-7,14,18H,17H2,1H3. The summed E-state index contributed by atoms with van der Waals surface area (Å²) in [6.07, 6.45) is -0.806. The van der Waals surface area contributed by atoms with Gasteiger partial charge in [-0.25, -0.2) is 4.39 Å². The Kier molecular flexibility index (Phi) is 3.68. The molecule has 0 amide bonds. The maximum Gasteiger partial charge on any atom is 0.126 e. The van der Waals surface area contributed by atoms with Crippen molar-refractivity contribution in [1.82, 2.24) is 0 Å². The molecule has 0 aliphatic heterocycles. The molecule has 18 heavy (non-hydrogen) atoms. The van der Waals surface area contributed by atoms with Crippen LogP contribution in [0.5, 0.6) is 0 Å². The number of halogens is 2. The largest absolute Gasteiger partial charge is 0.399 e. The maximum atomic E-state index is 13.2. The first-order valence-corrected chi connectivity index (χ1v) is 6.27. The SMILES string of the molecule is Cc1cc(C(O)c2ccc(N)cc2Br)ccc1F. The predicted molar refractivity (Wildman–Crippen MR) is 73.8 cm³/mol. The number of anilines is 1. The first-order chi connectivity index (χ1) is 8.49. The lowest BCUT2D eigenvalue weighted by Gasteiger charge is -2.14. The highest BCUT2D eigenvalue weighted by Crippen LogP contribution is 2.30. The molecule has 0 radical (unpaired) electrons. The smallest absolute Gasteiger partial charge is 0.126 e. The third kappa shape index (κ3) is 2.54. The van der Waals surface area contributed by atoms with Crippen LogP contribution in [-0.2, 0) is 0 Å². The Morgan fingerprint density at radius 3 is 2.56 bits per heavy atom. The van der Waals surface area contributed by atoms with Crippen molar-refractivity contribution in [1.29, 1.82) is 0 Å². The molecule has 2 nitrogen and oxygen atoms in total. The van der Waals surface area contributed by atoms with Crippen LogP contribution in [0.15, 0.2) is 40.9 Å². The summed E-state index contributed by atoms with van der Waals surface area (Å²) in [4.78, 5) is 0. The van der Waals surface area contributed by atoms with Crippen molar-refractivity contribution in [3.05, 3.63) is 63.4 Å². The van der Waals surface area contributed by atoms with Crippen LogP contribution in [0.25, 0.3) is 0 Å². The van der Waals surface area contributed by atoms with Crippen molar-refractivity contribution in [3.63, 3.8) is 0 Å². The van der Waals surface area contributed by atoms with Crippen molar-refractivity contribution < 1.29 is 9.50 Å². The lowest BCUT2D eigenvalue weighted by atomic mass is 9.99. The molecule has 94 valence electrons. The van der Waals surface area contributed by atoms with Crippen LogP contribution in [0.2, 0.25) is 0 Å². The van der Waals surface area contributed by atoms with Crippen molar-refractivity contribution in [2.75, 3.05) is 5.73 Å². The molecular weight excluding hydrogens is 297 g/mol. The number of aryl methyl sites for hydroxylation is 1. The highest BCUT2D eigenvalue weighted by Gasteiger charge is 2.14. The van der Waals surface area contributed by atoms with E-state index in [1.165, 1.54) is 6.07 Å². The van der Waals surface area contributed by atoms with Crippen molar-refractivity contribution in [2.24, 2.45) is 0 Å². The summed E-state index contributed by atoms with van der Waals surface area (Å²) < 4.78 is 13.9. The topological polar surface area (TPSA) is 46.2 Å². The minimum absolute atomic E-state index is 0.276. The Hall–Kier alpha value is -1.39. The van der Waals surface area contributed by atoms with Crippen molar-refractivity contribution in [3.8, 4) is 0 Å². The Morgan fingerprint density at radius 2 is 1.94 bits per heavy atom. The van der Waals surface area contributed by atoms with E-state index in [0.29, 0.717) is 22.4 Å². The van der Waals surface area contributed by atoms with Gasteiger partial charge in [-0.1, -0.05) is 34.1 Å². The van der Waals surface area contributed by atoms with E-state index in [2.05, 4.69) is 15.9 Å². The zero-order valence-corrected chi connectivity index (χ0v) is 11.4. The number of hydrogen-bond acceptors (Lipinski definition) is 2. The lowest BCUT2D eigenvalue weighted by molar-refractivity contribution is 0.219. The Morgan fingerprint density at radius 1 is 1.22 bits per heavy atom. The summed E-state index contributed by atoms with van der Waals surface area (Å²) in [6.45, 7) is 1.67. The molecule has 1 atom stereocenters. The Labute approximate surface area is 113 Å². The van der Waals surface area contributed by atoms with Crippen LogP contribution in [0, 0.1) is 12.7 Å². The second-order valence-electron chi connectivity index (χ2n) is 4.19. The Bertz CT molecular complexity index is 586. The Balaban J connectivity index is 2.41.